The second-order valence-electron chi connectivity index (χ2n) is 6.70. The van der Waals surface area contributed by atoms with E-state index in [1.807, 2.05) is 55.5 Å². The zero-order valence-electron chi connectivity index (χ0n) is 17.1. The molecule has 0 amide bonds. The van der Waals surface area contributed by atoms with Crippen molar-refractivity contribution in [3.05, 3.63) is 71.7 Å². The zero-order valence-corrected chi connectivity index (χ0v) is 17.1. The third-order valence-electron chi connectivity index (χ3n) is 4.53. The lowest BCUT2D eigenvalue weighted by Gasteiger charge is -2.11. The third-order valence-corrected chi connectivity index (χ3v) is 4.53. The van der Waals surface area contributed by atoms with Gasteiger partial charge in [-0.15, -0.1) is 5.11 Å². The average molecular weight is 403 g/mol. The summed E-state index contributed by atoms with van der Waals surface area (Å²) in [7, 11) is 0. The number of nitrogens with zero attached hydrogens (tertiary/aromatic N) is 4. The maximum Gasteiger partial charge on any atom is 0.170 e. The Morgan fingerprint density at radius 2 is 2.07 bits per heavy atom. The molecule has 0 fully saturated rings. The standard InChI is InChI=1S/C22H25N7O/c1-3-17-8-9-20(15(2)26-17)30-19-11-12-25-22(14-19)27-18-6-4-5-16(13-18)7-10-21(28-23)29-24/h4-6,8-9,11-14,23H,3,7,10,24H2,1-2H3,(H,25,27)/b28-23?,29-21-. The lowest BCUT2D eigenvalue weighted by molar-refractivity contribution is 0.475. The van der Waals surface area contributed by atoms with Gasteiger partial charge in [0, 0.05) is 30.1 Å². The summed E-state index contributed by atoms with van der Waals surface area (Å²) in [6, 6.07) is 15.5. The Morgan fingerprint density at radius 3 is 2.80 bits per heavy atom. The lowest BCUT2D eigenvalue weighted by atomic mass is 10.1. The lowest BCUT2D eigenvalue weighted by Crippen LogP contribution is -2.01. The van der Waals surface area contributed by atoms with Crippen LogP contribution in [0.25, 0.3) is 0 Å². The Hall–Kier alpha value is -3.81. The minimum atomic E-state index is 0.316. The van der Waals surface area contributed by atoms with Crippen molar-refractivity contribution in [3.8, 4) is 11.5 Å². The van der Waals surface area contributed by atoms with E-state index in [9.17, 15) is 0 Å². The Labute approximate surface area is 175 Å². The fourth-order valence-corrected chi connectivity index (χ4v) is 2.93. The third kappa shape index (κ3) is 5.60. The molecule has 4 N–H and O–H groups in total. The number of benzene rings is 1. The van der Waals surface area contributed by atoms with Gasteiger partial charge in [0.1, 0.15) is 17.3 Å². The van der Waals surface area contributed by atoms with Crippen LogP contribution in [0.5, 0.6) is 11.5 Å². The summed E-state index contributed by atoms with van der Waals surface area (Å²) in [6.45, 7) is 4.02. The summed E-state index contributed by atoms with van der Waals surface area (Å²) in [6.07, 6.45) is 3.78. The summed E-state index contributed by atoms with van der Waals surface area (Å²) in [5.41, 5.74) is 10.9. The van der Waals surface area contributed by atoms with Gasteiger partial charge in [-0.05, 0) is 55.7 Å². The molecule has 0 spiro atoms. The van der Waals surface area contributed by atoms with Crippen molar-refractivity contribution >= 4 is 17.3 Å². The van der Waals surface area contributed by atoms with E-state index in [2.05, 4.69) is 32.4 Å². The first-order chi connectivity index (χ1) is 14.6. The molecule has 0 aliphatic carbocycles. The molecule has 0 aliphatic rings. The molecule has 0 unspecified atom stereocenters. The average Bonchev–Trinajstić information content (AvgIpc) is 2.76. The highest BCUT2D eigenvalue weighted by Gasteiger charge is 2.06. The summed E-state index contributed by atoms with van der Waals surface area (Å²) in [5, 5.41) is 10.1. The molecule has 1 aromatic carbocycles. The minimum Gasteiger partial charge on any atom is -0.455 e. The van der Waals surface area contributed by atoms with Crippen LogP contribution in [0.2, 0.25) is 0 Å². The molecular formula is C22H25N7O. The molecule has 0 aliphatic heterocycles. The molecule has 0 bridgehead atoms. The second-order valence-corrected chi connectivity index (χ2v) is 6.70. The van der Waals surface area contributed by atoms with Crippen molar-refractivity contribution in [3.63, 3.8) is 0 Å². The molecule has 2 aromatic heterocycles. The van der Waals surface area contributed by atoms with Crippen molar-refractivity contribution in [1.29, 1.82) is 5.53 Å². The Bertz CT molecular complexity index is 1050. The van der Waals surface area contributed by atoms with Gasteiger partial charge < -0.3 is 15.9 Å². The topological polar surface area (TPSA) is 122 Å². The number of rotatable bonds is 8. The molecule has 154 valence electrons. The van der Waals surface area contributed by atoms with Crippen LogP contribution in [0, 0.1) is 12.5 Å². The number of nitrogens with one attached hydrogen (secondary N) is 2. The maximum absolute atomic E-state index is 7.03. The van der Waals surface area contributed by atoms with Gasteiger partial charge in [-0.2, -0.15) is 5.10 Å². The van der Waals surface area contributed by atoms with Crippen LogP contribution >= 0.6 is 0 Å². The number of anilines is 2. The van der Waals surface area contributed by atoms with Gasteiger partial charge in [0.25, 0.3) is 0 Å². The van der Waals surface area contributed by atoms with Gasteiger partial charge in [-0.1, -0.05) is 19.1 Å². The Balaban J connectivity index is 1.69. The number of hydrogen-bond acceptors (Lipinski definition) is 7. The first-order valence-electron chi connectivity index (χ1n) is 9.72. The van der Waals surface area contributed by atoms with Gasteiger partial charge in [-0.3, -0.25) is 4.98 Å². The Kier molecular flexibility index (Phi) is 7.05. The van der Waals surface area contributed by atoms with Gasteiger partial charge in [0.2, 0.25) is 0 Å². The number of hydrogen-bond donors (Lipinski definition) is 3. The summed E-state index contributed by atoms with van der Waals surface area (Å²) in [4.78, 5) is 8.91. The fraction of sp³-hybridized carbons (Fsp3) is 0.227. The van der Waals surface area contributed by atoms with Crippen LogP contribution in [-0.2, 0) is 12.8 Å². The number of aryl methyl sites for hydroxylation is 3. The summed E-state index contributed by atoms with van der Waals surface area (Å²) >= 11 is 0. The van der Waals surface area contributed by atoms with Gasteiger partial charge in [-0.25, -0.2) is 10.5 Å². The number of hydrazone groups is 1. The first-order valence-corrected chi connectivity index (χ1v) is 9.72. The van der Waals surface area contributed by atoms with Crippen LogP contribution in [-0.4, -0.2) is 15.8 Å². The van der Waals surface area contributed by atoms with E-state index in [0.29, 0.717) is 30.2 Å². The highest BCUT2D eigenvalue weighted by atomic mass is 16.5. The fourth-order valence-electron chi connectivity index (χ4n) is 2.93. The van der Waals surface area contributed by atoms with Crippen LogP contribution < -0.4 is 15.9 Å². The van der Waals surface area contributed by atoms with Crippen LogP contribution in [0.4, 0.5) is 11.5 Å². The smallest absolute Gasteiger partial charge is 0.170 e. The number of pyridine rings is 2. The van der Waals surface area contributed by atoms with Crippen molar-refractivity contribution in [2.24, 2.45) is 16.1 Å². The normalized spacial score (nSPS) is 11.2. The quantitative estimate of drug-likeness (QED) is 0.158. The molecule has 2 heterocycles. The van der Waals surface area contributed by atoms with E-state index in [0.717, 1.165) is 34.8 Å². The number of aromatic nitrogens is 2. The van der Waals surface area contributed by atoms with E-state index in [4.69, 9.17) is 16.1 Å². The van der Waals surface area contributed by atoms with E-state index in [-0.39, 0.29) is 0 Å². The second kappa shape index (κ2) is 10.1. The summed E-state index contributed by atoms with van der Waals surface area (Å²) < 4.78 is 6.00. The number of amidine groups is 1. The van der Waals surface area contributed by atoms with Gasteiger partial charge in [0.15, 0.2) is 5.84 Å². The SMILES string of the molecule is CCc1ccc(Oc2ccnc(Nc3cccc(CC/C(N=N)=N/N)c3)c2)c(C)n1. The van der Waals surface area contributed by atoms with E-state index < -0.39 is 0 Å². The summed E-state index contributed by atoms with van der Waals surface area (Å²) in [5.74, 6) is 7.60. The van der Waals surface area contributed by atoms with E-state index in [1.165, 1.54) is 0 Å². The molecular weight excluding hydrogens is 378 g/mol. The molecule has 3 aromatic rings. The molecule has 8 nitrogen and oxygen atoms in total. The van der Waals surface area contributed by atoms with Crippen LogP contribution in [0.15, 0.2) is 64.9 Å². The molecule has 30 heavy (non-hydrogen) atoms. The number of ether oxygens (including phenoxy) is 1. The molecule has 0 radical (unpaired) electrons. The van der Waals surface area contributed by atoms with Crippen molar-refractivity contribution < 1.29 is 4.74 Å². The predicted molar refractivity (Wildman–Crippen MR) is 117 cm³/mol. The predicted octanol–water partition coefficient (Wildman–Crippen LogP) is 5.12. The van der Waals surface area contributed by atoms with Gasteiger partial charge in [0.05, 0.1) is 5.69 Å². The van der Waals surface area contributed by atoms with Crippen LogP contribution in [0.1, 0.15) is 30.3 Å². The molecule has 0 saturated heterocycles. The highest BCUT2D eigenvalue weighted by molar-refractivity contribution is 5.82. The molecule has 3 rings (SSSR count). The molecule has 0 atom stereocenters. The van der Waals surface area contributed by atoms with Crippen molar-refractivity contribution in [2.45, 2.75) is 33.1 Å². The monoisotopic (exact) mass is 403 g/mol. The minimum absolute atomic E-state index is 0.316. The van der Waals surface area contributed by atoms with Crippen molar-refractivity contribution in [2.75, 3.05) is 5.32 Å². The molecule has 8 heteroatoms. The van der Waals surface area contributed by atoms with Crippen LogP contribution in [0.3, 0.4) is 0 Å². The molecule has 0 saturated carbocycles. The largest absolute Gasteiger partial charge is 0.455 e. The Morgan fingerprint density at radius 1 is 1.20 bits per heavy atom. The maximum atomic E-state index is 7.03. The van der Waals surface area contributed by atoms with Crippen molar-refractivity contribution in [1.82, 2.24) is 9.97 Å². The number of nitrogens with two attached hydrogens (primary N) is 1. The van der Waals surface area contributed by atoms with E-state index in [1.54, 1.807) is 6.20 Å². The first kappa shape index (κ1) is 20.9. The van der Waals surface area contributed by atoms with Gasteiger partial charge >= 0.3 is 0 Å². The zero-order chi connectivity index (χ0) is 21.3. The highest BCUT2D eigenvalue weighted by Crippen LogP contribution is 2.26. The van der Waals surface area contributed by atoms with E-state index >= 15 is 0 Å².